The predicted molar refractivity (Wildman–Crippen MR) is 73.3 cm³/mol. The van der Waals surface area contributed by atoms with E-state index in [0.717, 1.165) is 6.20 Å². The van der Waals surface area contributed by atoms with Crippen molar-refractivity contribution in [1.29, 1.82) is 0 Å². The van der Waals surface area contributed by atoms with Gasteiger partial charge in [0.25, 0.3) is 0 Å². The molecule has 1 aromatic heterocycles. The standard InChI is InChI=1S/C11H14BrN3O4/c1-3-14(7(2)4-10(16)17)11-8(12)5-13-6-9(11)15(18)19/h5-7H,3-4H2,1-2H3,(H,16,17). The molecule has 0 saturated carbocycles. The van der Waals surface area contributed by atoms with Gasteiger partial charge in [0, 0.05) is 18.8 Å². The number of aliphatic carboxylic acids is 1. The Labute approximate surface area is 118 Å². The molecule has 0 saturated heterocycles. The minimum Gasteiger partial charge on any atom is -0.481 e. The first-order chi connectivity index (χ1) is 8.88. The first-order valence-corrected chi connectivity index (χ1v) is 6.44. The van der Waals surface area contributed by atoms with Gasteiger partial charge < -0.3 is 10.0 Å². The zero-order chi connectivity index (χ0) is 14.6. The van der Waals surface area contributed by atoms with Crippen LogP contribution in [0.2, 0.25) is 0 Å². The number of nitro groups is 1. The largest absolute Gasteiger partial charge is 0.481 e. The number of hydrogen-bond acceptors (Lipinski definition) is 5. The number of anilines is 1. The lowest BCUT2D eigenvalue weighted by atomic mass is 10.1. The maximum absolute atomic E-state index is 11.0. The van der Waals surface area contributed by atoms with E-state index in [4.69, 9.17) is 5.11 Å². The molecule has 0 aliphatic heterocycles. The fourth-order valence-electron chi connectivity index (χ4n) is 1.89. The van der Waals surface area contributed by atoms with Crippen molar-refractivity contribution in [3.8, 4) is 0 Å². The van der Waals surface area contributed by atoms with Crippen molar-refractivity contribution in [1.82, 2.24) is 4.98 Å². The lowest BCUT2D eigenvalue weighted by Crippen LogP contribution is -2.35. The van der Waals surface area contributed by atoms with E-state index in [1.165, 1.54) is 6.20 Å². The topological polar surface area (TPSA) is 96.6 Å². The Hall–Kier alpha value is -1.70. The summed E-state index contributed by atoms with van der Waals surface area (Å²) in [5.41, 5.74) is 0.213. The zero-order valence-corrected chi connectivity index (χ0v) is 12.1. The number of carboxylic acids is 1. The summed E-state index contributed by atoms with van der Waals surface area (Å²) in [6.45, 7) is 3.99. The van der Waals surface area contributed by atoms with Gasteiger partial charge in [0.2, 0.25) is 0 Å². The Balaban J connectivity index is 3.24. The summed E-state index contributed by atoms with van der Waals surface area (Å²) < 4.78 is 0.473. The van der Waals surface area contributed by atoms with Crippen LogP contribution in [0.3, 0.4) is 0 Å². The van der Waals surface area contributed by atoms with E-state index in [9.17, 15) is 14.9 Å². The van der Waals surface area contributed by atoms with Gasteiger partial charge in [0.05, 0.1) is 15.8 Å². The van der Waals surface area contributed by atoms with Crippen LogP contribution in [0, 0.1) is 10.1 Å². The number of carboxylic acid groups (broad SMARTS) is 1. The van der Waals surface area contributed by atoms with Crippen LogP contribution in [-0.2, 0) is 4.79 Å². The van der Waals surface area contributed by atoms with E-state index < -0.39 is 10.9 Å². The maximum Gasteiger partial charge on any atom is 0.311 e. The number of pyridine rings is 1. The van der Waals surface area contributed by atoms with Crippen molar-refractivity contribution in [2.75, 3.05) is 11.4 Å². The number of hydrogen-bond donors (Lipinski definition) is 1. The molecule has 1 atom stereocenters. The third-order valence-electron chi connectivity index (χ3n) is 2.68. The summed E-state index contributed by atoms with van der Waals surface area (Å²) in [4.78, 5) is 26.7. The Kier molecular flexibility index (Phi) is 5.22. The summed E-state index contributed by atoms with van der Waals surface area (Å²) in [5.74, 6) is -0.946. The molecule has 7 nitrogen and oxygen atoms in total. The average Bonchev–Trinajstić information content (AvgIpc) is 2.30. The van der Waals surface area contributed by atoms with E-state index in [2.05, 4.69) is 20.9 Å². The van der Waals surface area contributed by atoms with Gasteiger partial charge in [-0.05, 0) is 29.8 Å². The summed E-state index contributed by atoms with van der Waals surface area (Å²) in [5, 5.41) is 19.9. The fraction of sp³-hybridized carbons (Fsp3) is 0.455. The van der Waals surface area contributed by atoms with Gasteiger partial charge in [0.15, 0.2) is 0 Å². The molecule has 0 radical (unpaired) electrons. The monoisotopic (exact) mass is 331 g/mol. The van der Waals surface area contributed by atoms with Crippen molar-refractivity contribution in [3.63, 3.8) is 0 Å². The SMILES string of the molecule is CCN(c1c(Br)cncc1[N+](=O)[O-])C(C)CC(=O)O. The number of nitrogens with zero attached hydrogens (tertiary/aromatic N) is 3. The summed E-state index contributed by atoms with van der Waals surface area (Å²) >= 11 is 3.24. The van der Waals surface area contributed by atoms with Gasteiger partial charge in [-0.2, -0.15) is 0 Å². The van der Waals surface area contributed by atoms with Crippen LogP contribution in [0.4, 0.5) is 11.4 Å². The molecule has 1 heterocycles. The molecule has 1 N–H and O–H groups in total. The van der Waals surface area contributed by atoms with Crippen LogP contribution in [0.15, 0.2) is 16.9 Å². The molecule has 0 fully saturated rings. The molecule has 0 spiro atoms. The van der Waals surface area contributed by atoms with Crippen LogP contribution in [-0.4, -0.2) is 33.6 Å². The van der Waals surface area contributed by atoms with E-state index in [0.29, 0.717) is 16.7 Å². The average molecular weight is 332 g/mol. The third-order valence-corrected chi connectivity index (χ3v) is 3.26. The van der Waals surface area contributed by atoms with Gasteiger partial charge in [-0.25, -0.2) is 0 Å². The quantitative estimate of drug-likeness (QED) is 0.635. The normalized spacial score (nSPS) is 11.9. The Morgan fingerprint density at radius 3 is 2.74 bits per heavy atom. The molecule has 1 rings (SSSR count). The van der Waals surface area contributed by atoms with Crippen molar-refractivity contribution in [3.05, 3.63) is 27.0 Å². The molecule has 0 bridgehead atoms. The summed E-state index contributed by atoms with van der Waals surface area (Å²) in [6.07, 6.45) is 2.52. The highest BCUT2D eigenvalue weighted by atomic mass is 79.9. The molecule has 1 aromatic rings. The van der Waals surface area contributed by atoms with Gasteiger partial charge >= 0.3 is 11.7 Å². The van der Waals surface area contributed by atoms with E-state index >= 15 is 0 Å². The first kappa shape index (κ1) is 15.4. The van der Waals surface area contributed by atoms with E-state index in [1.54, 1.807) is 11.8 Å². The van der Waals surface area contributed by atoms with Crippen molar-refractivity contribution >= 4 is 33.3 Å². The molecule has 0 aromatic carbocycles. The lowest BCUT2D eigenvalue weighted by Gasteiger charge is -2.29. The number of rotatable bonds is 6. The minimum atomic E-state index is -0.946. The molecular weight excluding hydrogens is 318 g/mol. The lowest BCUT2D eigenvalue weighted by molar-refractivity contribution is -0.384. The molecular formula is C11H14BrN3O4. The number of carbonyl (C=O) groups is 1. The molecule has 19 heavy (non-hydrogen) atoms. The van der Waals surface area contributed by atoms with Crippen LogP contribution >= 0.6 is 15.9 Å². The predicted octanol–water partition coefficient (Wildman–Crippen LogP) is 2.44. The van der Waals surface area contributed by atoms with E-state index in [1.807, 2.05) is 6.92 Å². The Morgan fingerprint density at radius 1 is 1.63 bits per heavy atom. The third kappa shape index (κ3) is 3.63. The van der Waals surface area contributed by atoms with Gasteiger partial charge in [-0.3, -0.25) is 19.9 Å². The second-order valence-corrected chi connectivity index (χ2v) is 4.83. The molecule has 104 valence electrons. The van der Waals surface area contributed by atoms with Crippen LogP contribution < -0.4 is 4.90 Å². The highest BCUT2D eigenvalue weighted by Gasteiger charge is 2.26. The van der Waals surface area contributed by atoms with E-state index in [-0.39, 0.29) is 18.2 Å². The molecule has 0 aliphatic rings. The van der Waals surface area contributed by atoms with Crippen molar-refractivity contribution < 1.29 is 14.8 Å². The fourth-order valence-corrected chi connectivity index (χ4v) is 2.44. The molecule has 1 unspecified atom stereocenters. The first-order valence-electron chi connectivity index (χ1n) is 5.64. The molecule has 0 amide bonds. The Bertz CT molecular complexity index is 495. The van der Waals surface area contributed by atoms with Crippen molar-refractivity contribution in [2.45, 2.75) is 26.3 Å². The summed E-state index contributed by atoms with van der Waals surface area (Å²) in [6, 6.07) is -0.361. The summed E-state index contributed by atoms with van der Waals surface area (Å²) in [7, 11) is 0. The van der Waals surface area contributed by atoms with Crippen LogP contribution in [0.5, 0.6) is 0 Å². The Morgan fingerprint density at radius 2 is 2.26 bits per heavy atom. The van der Waals surface area contributed by atoms with Gasteiger partial charge in [-0.15, -0.1) is 0 Å². The van der Waals surface area contributed by atoms with Crippen molar-refractivity contribution in [2.24, 2.45) is 0 Å². The van der Waals surface area contributed by atoms with Crippen LogP contribution in [0.1, 0.15) is 20.3 Å². The van der Waals surface area contributed by atoms with Gasteiger partial charge in [0.1, 0.15) is 11.9 Å². The highest BCUT2D eigenvalue weighted by Crippen LogP contribution is 2.36. The number of aromatic nitrogens is 1. The highest BCUT2D eigenvalue weighted by molar-refractivity contribution is 9.10. The molecule has 8 heteroatoms. The number of halogens is 1. The second kappa shape index (κ2) is 6.46. The smallest absolute Gasteiger partial charge is 0.311 e. The maximum atomic E-state index is 11.0. The van der Waals surface area contributed by atoms with Gasteiger partial charge in [-0.1, -0.05) is 0 Å². The zero-order valence-electron chi connectivity index (χ0n) is 10.5. The second-order valence-electron chi connectivity index (χ2n) is 3.98. The minimum absolute atomic E-state index is 0.0975. The van der Waals surface area contributed by atoms with Crippen LogP contribution in [0.25, 0.3) is 0 Å². The molecule has 0 aliphatic carbocycles.